The molecular weight excluding hydrogens is 460 g/mol. The Bertz CT molecular complexity index is 1570. The van der Waals surface area contributed by atoms with E-state index < -0.39 is 0 Å². The molecule has 0 bridgehead atoms. The number of rotatable bonds is 8. The van der Waals surface area contributed by atoms with Gasteiger partial charge in [-0.25, -0.2) is 0 Å². The highest BCUT2D eigenvalue weighted by Crippen LogP contribution is 2.58. The Kier molecular flexibility index (Phi) is 5.44. The Morgan fingerprint density at radius 1 is 0.632 bits per heavy atom. The first-order valence-corrected chi connectivity index (χ1v) is 13.8. The van der Waals surface area contributed by atoms with E-state index in [1.165, 1.54) is 39.2 Å². The summed E-state index contributed by atoms with van der Waals surface area (Å²) in [4.78, 5) is 3.99. The van der Waals surface area contributed by atoms with E-state index in [4.69, 9.17) is 0 Å². The molecule has 2 saturated carbocycles. The Morgan fingerprint density at radius 2 is 1.16 bits per heavy atom. The van der Waals surface area contributed by atoms with Crippen molar-refractivity contribution in [1.82, 2.24) is 4.98 Å². The third kappa shape index (κ3) is 3.75. The van der Waals surface area contributed by atoms with Crippen molar-refractivity contribution in [2.24, 2.45) is 0 Å². The molecule has 0 radical (unpaired) electrons. The first-order chi connectivity index (χ1) is 18.7. The molecule has 5 aromatic rings. The molecule has 2 aliphatic rings. The predicted molar refractivity (Wildman–Crippen MR) is 156 cm³/mol. The summed E-state index contributed by atoms with van der Waals surface area (Å²) in [5.74, 6) is 0. The summed E-state index contributed by atoms with van der Waals surface area (Å²) >= 11 is 0. The molecule has 0 aliphatic heterocycles. The fourth-order valence-corrected chi connectivity index (χ4v) is 6.38. The lowest BCUT2D eigenvalue weighted by molar-refractivity contribution is 0.808. The van der Waals surface area contributed by atoms with Crippen LogP contribution in [-0.2, 0) is 17.3 Å². The van der Waals surface area contributed by atoms with Crippen LogP contribution < -0.4 is 0 Å². The molecule has 38 heavy (non-hydrogen) atoms. The molecule has 2 aliphatic carbocycles. The number of nitrogens with one attached hydrogen (secondary N) is 2. The van der Waals surface area contributed by atoms with E-state index >= 15 is 0 Å². The minimum Gasteiger partial charge on any atom is -0.360 e. The van der Waals surface area contributed by atoms with Gasteiger partial charge in [0.15, 0.2) is 0 Å². The quantitative estimate of drug-likeness (QED) is 0.204. The second kappa shape index (κ2) is 8.99. The molecule has 186 valence electrons. The van der Waals surface area contributed by atoms with Gasteiger partial charge in [-0.2, -0.15) is 0 Å². The Morgan fingerprint density at radius 3 is 1.71 bits per heavy atom. The third-order valence-corrected chi connectivity index (χ3v) is 8.72. The standard InChI is InChI=1S/C36H32N2/c37-33(35(21-22-35)28-17-9-3-10-18-28)32-30(25-26-13-5-1-6-14-26)38-34(31(32)27-15-7-2-8-16-27)36(23-24-36)29-19-11-4-12-20-29/h1-20,37-38H,21-25H2. The number of hydrogen-bond acceptors (Lipinski definition) is 1. The highest BCUT2D eigenvalue weighted by molar-refractivity contribution is 6.13. The third-order valence-electron chi connectivity index (χ3n) is 8.72. The van der Waals surface area contributed by atoms with Crippen LogP contribution in [0.5, 0.6) is 0 Å². The summed E-state index contributed by atoms with van der Waals surface area (Å²) in [5, 5.41) is 9.85. The highest BCUT2D eigenvalue weighted by Gasteiger charge is 2.53. The molecule has 0 atom stereocenters. The van der Waals surface area contributed by atoms with Crippen LogP contribution >= 0.6 is 0 Å². The SMILES string of the molecule is N=C(c1c(Cc2ccccc2)[nH]c(C2(c3ccccc3)CC2)c1-c1ccccc1)C1(c2ccccc2)CC1. The number of aromatic amines is 1. The van der Waals surface area contributed by atoms with Crippen molar-refractivity contribution in [1.29, 1.82) is 5.41 Å². The average molecular weight is 493 g/mol. The minimum absolute atomic E-state index is 0.0279. The van der Waals surface area contributed by atoms with Gasteiger partial charge < -0.3 is 10.4 Å². The minimum atomic E-state index is -0.209. The summed E-state index contributed by atoms with van der Waals surface area (Å²) in [7, 11) is 0. The summed E-state index contributed by atoms with van der Waals surface area (Å²) in [6.07, 6.45) is 5.09. The Balaban J connectivity index is 1.47. The van der Waals surface area contributed by atoms with E-state index in [0.717, 1.165) is 43.4 Å². The maximum Gasteiger partial charge on any atom is 0.0516 e. The van der Waals surface area contributed by atoms with Crippen LogP contribution in [0.3, 0.4) is 0 Å². The molecule has 0 unspecified atom stereocenters. The fraction of sp³-hybridized carbons (Fsp3) is 0.194. The van der Waals surface area contributed by atoms with Crippen LogP contribution in [0.25, 0.3) is 11.1 Å². The number of hydrogen-bond donors (Lipinski definition) is 2. The van der Waals surface area contributed by atoms with Gasteiger partial charge >= 0.3 is 0 Å². The lowest BCUT2D eigenvalue weighted by Gasteiger charge is -2.21. The Labute approximate surface area is 224 Å². The van der Waals surface area contributed by atoms with Crippen LogP contribution in [0.2, 0.25) is 0 Å². The van der Waals surface area contributed by atoms with Gasteiger partial charge in [0.1, 0.15) is 0 Å². The first kappa shape index (κ1) is 23.0. The van der Waals surface area contributed by atoms with Crippen molar-refractivity contribution < 1.29 is 0 Å². The van der Waals surface area contributed by atoms with Gasteiger partial charge in [-0.15, -0.1) is 0 Å². The van der Waals surface area contributed by atoms with Crippen LogP contribution in [-0.4, -0.2) is 10.7 Å². The van der Waals surface area contributed by atoms with Crippen molar-refractivity contribution in [3.05, 3.63) is 155 Å². The van der Waals surface area contributed by atoms with E-state index in [-0.39, 0.29) is 10.8 Å². The highest BCUT2D eigenvalue weighted by atomic mass is 14.8. The largest absolute Gasteiger partial charge is 0.360 e. The van der Waals surface area contributed by atoms with Crippen LogP contribution in [0.1, 0.15) is 59.3 Å². The van der Waals surface area contributed by atoms with Crippen molar-refractivity contribution in [3.8, 4) is 11.1 Å². The molecule has 0 saturated heterocycles. The second-order valence-corrected chi connectivity index (χ2v) is 11.0. The molecule has 4 aromatic carbocycles. The maximum absolute atomic E-state index is 9.85. The molecular formula is C36H32N2. The zero-order valence-corrected chi connectivity index (χ0v) is 21.6. The zero-order chi connectivity index (χ0) is 25.6. The predicted octanol–water partition coefficient (Wildman–Crippen LogP) is 8.45. The maximum atomic E-state index is 9.85. The average Bonchev–Trinajstić information content (AvgIpc) is 3.92. The molecule has 2 fully saturated rings. The van der Waals surface area contributed by atoms with Gasteiger partial charge in [0.25, 0.3) is 0 Å². The van der Waals surface area contributed by atoms with Crippen LogP contribution in [0.15, 0.2) is 121 Å². The summed E-state index contributed by atoms with van der Waals surface area (Å²) < 4.78 is 0. The number of aromatic nitrogens is 1. The lowest BCUT2D eigenvalue weighted by Crippen LogP contribution is -2.22. The number of benzene rings is 4. The van der Waals surface area contributed by atoms with Gasteiger partial charge in [0.2, 0.25) is 0 Å². The van der Waals surface area contributed by atoms with Gasteiger partial charge in [-0.1, -0.05) is 121 Å². The van der Waals surface area contributed by atoms with Crippen LogP contribution in [0.4, 0.5) is 0 Å². The topological polar surface area (TPSA) is 39.6 Å². The molecule has 0 amide bonds. The fourth-order valence-electron chi connectivity index (χ4n) is 6.38. The van der Waals surface area contributed by atoms with E-state index in [1.54, 1.807) is 0 Å². The van der Waals surface area contributed by atoms with Gasteiger partial charge in [0, 0.05) is 39.8 Å². The second-order valence-electron chi connectivity index (χ2n) is 11.0. The van der Waals surface area contributed by atoms with Gasteiger partial charge in [0.05, 0.1) is 5.71 Å². The normalized spacial score (nSPS) is 16.6. The smallest absolute Gasteiger partial charge is 0.0516 e. The van der Waals surface area contributed by atoms with E-state index in [1.807, 2.05) is 0 Å². The van der Waals surface area contributed by atoms with Gasteiger partial charge in [-0.05, 0) is 47.9 Å². The van der Waals surface area contributed by atoms with Gasteiger partial charge in [-0.3, -0.25) is 0 Å². The Hall–Kier alpha value is -4.17. The van der Waals surface area contributed by atoms with E-state index in [2.05, 4.69) is 126 Å². The van der Waals surface area contributed by atoms with E-state index in [0.29, 0.717) is 0 Å². The lowest BCUT2D eigenvalue weighted by atomic mass is 9.81. The molecule has 2 heteroatoms. The molecule has 2 N–H and O–H groups in total. The molecule has 0 spiro atoms. The van der Waals surface area contributed by atoms with Crippen molar-refractivity contribution >= 4 is 5.71 Å². The summed E-state index contributed by atoms with van der Waals surface area (Å²) in [5.41, 5.74) is 10.4. The zero-order valence-electron chi connectivity index (χ0n) is 21.6. The number of H-pyrrole nitrogens is 1. The molecule has 7 rings (SSSR count). The van der Waals surface area contributed by atoms with Crippen LogP contribution in [0, 0.1) is 5.41 Å². The molecule has 2 nitrogen and oxygen atoms in total. The van der Waals surface area contributed by atoms with Crippen molar-refractivity contribution in [2.45, 2.75) is 42.9 Å². The van der Waals surface area contributed by atoms with E-state index in [9.17, 15) is 5.41 Å². The van der Waals surface area contributed by atoms with Crippen molar-refractivity contribution in [2.75, 3.05) is 0 Å². The monoisotopic (exact) mass is 492 g/mol. The van der Waals surface area contributed by atoms with Crippen molar-refractivity contribution in [3.63, 3.8) is 0 Å². The summed E-state index contributed by atoms with van der Waals surface area (Å²) in [6.45, 7) is 0. The molecule has 1 heterocycles. The molecule has 1 aromatic heterocycles. The first-order valence-electron chi connectivity index (χ1n) is 13.8. The summed E-state index contributed by atoms with van der Waals surface area (Å²) in [6, 6.07) is 43.2.